The highest BCUT2D eigenvalue weighted by molar-refractivity contribution is 7.71. The fourth-order valence-electron chi connectivity index (χ4n) is 3.88. The standard InChI is InChI=1S/C21H20ClFN4OS2/c1-5-13-12(4)30-19-17(13)20(28)27(21(29)24-19)18-10(2)25-26(11(18)3)9-14-15(22)7-6-8-16(14)23/h6-8H,5,9H2,1-4H3,(H,24,29). The van der Waals surface area contributed by atoms with E-state index in [0.717, 1.165) is 21.7 Å². The molecule has 5 nitrogen and oxygen atoms in total. The first kappa shape index (κ1) is 21.0. The van der Waals surface area contributed by atoms with Gasteiger partial charge < -0.3 is 4.98 Å². The molecule has 30 heavy (non-hydrogen) atoms. The van der Waals surface area contributed by atoms with Gasteiger partial charge in [0.25, 0.3) is 5.56 Å². The SMILES string of the molecule is CCc1c(C)sc2[nH]c(=S)n(-c3c(C)nn(Cc4c(F)cccc4Cl)c3C)c(=O)c12. The summed E-state index contributed by atoms with van der Waals surface area (Å²) in [7, 11) is 0. The first-order valence-corrected chi connectivity index (χ1v) is 11.1. The van der Waals surface area contributed by atoms with Gasteiger partial charge in [-0.3, -0.25) is 9.48 Å². The molecule has 9 heteroatoms. The molecule has 3 heterocycles. The highest BCUT2D eigenvalue weighted by atomic mass is 35.5. The topological polar surface area (TPSA) is 55.6 Å². The second kappa shape index (κ2) is 7.76. The fourth-order valence-corrected chi connectivity index (χ4v) is 5.58. The van der Waals surface area contributed by atoms with Crippen molar-refractivity contribution in [2.24, 2.45) is 0 Å². The molecule has 3 aromatic heterocycles. The van der Waals surface area contributed by atoms with Gasteiger partial charge in [0.2, 0.25) is 0 Å². The minimum absolute atomic E-state index is 0.156. The Morgan fingerprint density at radius 1 is 1.27 bits per heavy atom. The number of halogens is 2. The van der Waals surface area contributed by atoms with Crippen LogP contribution in [-0.4, -0.2) is 19.3 Å². The summed E-state index contributed by atoms with van der Waals surface area (Å²) in [5, 5.41) is 5.55. The summed E-state index contributed by atoms with van der Waals surface area (Å²) in [5.74, 6) is -0.395. The molecule has 0 aliphatic rings. The Labute approximate surface area is 186 Å². The maximum Gasteiger partial charge on any atom is 0.268 e. The summed E-state index contributed by atoms with van der Waals surface area (Å²) >= 11 is 13.3. The monoisotopic (exact) mass is 462 g/mol. The van der Waals surface area contributed by atoms with Gasteiger partial charge in [0.05, 0.1) is 29.0 Å². The van der Waals surface area contributed by atoms with E-state index in [4.69, 9.17) is 23.8 Å². The fraction of sp³-hybridized carbons (Fsp3) is 0.286. The number of aryl methyl sites for hydroxylation is 3. The maximum atomic E-state index is 14.3. The van der Waals surface area contributed by atoms with Gasteiger partial charge in [-0.1, -0.05) is 24.6 Å². The van der Waals surface area contributed by atoms with Crippen molar-refractivity contribution in [3.05, 3.63) is 71.6 Å². The Kier molecular flexibility index (Phi) is 5.42. The number of H-pyrrole nitrogens is 1. The molecule has 0 aliphatic carbocycles. The van der Waals surface area contributed by atoms with Gasteiger partial charge in [0.15, 0.2) is 4.77 Å². The number of fused-ring (bicyclic) bond motifs is 1. The number of aromatic nitrogens is 4. The summed E-state index contributed by atoms with van der Waals surface area (Å²) < 4.78 is 17.7. The van der Waals surface area contributed by atoms with Crippen LogP contribution in [0.15, 0.2) is 23.0 Å². The zero-order valence-electron chi connectivity index (χ0n) is 17.0. The molecule has 0 unspecified atom stereocenters. The number of thiophene rings is 1. The third-order valence-corrected chi connectivity index (χ3v) is 7.04. The molecule has 1 aromatic carbocycles. The minimum atomic E-state index is -0.395. The second-order valence-electron chi connectivity index (χ2n) is 7.14. The number of nitrogens with one attached hydrogen (secondary N) is 1. The van der Waals surface area contributed by atoms with Crippen LogP contribution in [0.3, 0.4) is 0 Å². The molecule has 0 saturated carbocycles. The highest BCUT2D eigenvalue weighted by Gasteiger charge is 2.21. The molecule has 0 amide bonds. The molecule has 4 aromatic rings. The lowest BCUT2D eigenvalue weighted by Crippen LogP contribution is -2.22. The second-order valence-corrected chi connectivity index (χ2v) is 9.16. The van der Waals surface area contributed by atoms with E-state index in [1.54, 1.807) is 28.2 Å². The third-order valence-electron chi connectivity index (χ3n) is 5.34. The molecule has 0 saturated heterocycles. The number of aromatic amines is 1. The Bertz CT molecular complexity index is 1390. The van der Waals surface area contributed by atoms with E-state index in [1.165, 1.54) is 10.6 Å². The third kappa shape index (κ3) is 3.23. The lowest BCUT2D eigenvalue weighted by Gasteiger charge is -2.10. The maximum absolute atomic E-state index is 14.3. The van der Waals surface area contributed by atoms with E-state index >= 15 is 0 Å². The molecule has 156 valence electrons. The first-order valence-electron chi connectivity index (χ1n) is 9.49. The van der Waals surface area contributed by atoms with Crippen LogP contribution in [0.4, 0.5) is 4.39 Å². The highest BCUT2D eigenvalue weighted by Crippen LogP contribution is 2.29. The van der Waals surface area contributed by atoms with Crippen LogP contribution in [0.1, 0.15) is 34.3 Å². The van der Waals surface area contributed by atoms with Crippen molar-refractivity contribution in [1.29, 1.82) is 0 Å². The van der Waals surface area contributed by atoms with E-state index in [9.17, 15) is 9.18 Å². The molecule has 0 aliphatic heterocycles. The van der Waals surface area contributed by atoms with Crippen molar-refractivity contribution in [3.8, 4) is 5.69 Å². The quantitative estimate of drug-likeness (QED) is 0.399. The summed E-state index contributed by atoms with van der Waals surface area (Å²) in [5.41, 5.74) is 3.17. The largest absolute Gasteiger partial charge is 0.323 e. The zero-order valence-corrected chi connectivity index (χ0v) is 19.4. The summed E-state index contributed by atoms with van der Waals surface area (Å²) in [6.45, 7) is 7.86. The van der Waals surface area contributed by atoms with E-state index in [1.807, 2.05) is 27.7 Å². The summed E-state index contributed by atoms with van der Waals surface area (Å²) in [6, 6.07) is 4.58. The zero-order chi connectivity index (χ0) is 21.7. The van der Waals surface area contributed by atoms with Crippen LogP contribution in [-0.2, 0) is 13.0 Å². The number of benzene rings is 1. The normalized spacial score (nSPS) is 11.5. The van der Waals surface area contributed by atoms with Crippen LogP contribution in [0.25, 0.3) is 15.9 Å². The van der Waals surface area contributed by atoms with E-state index < -0.39 is 5.82 Å². The summed E-state index contributed by atoms with van der Waals surface area (Å²) in [4.78, 5) is 18.6. The molecule has 0 atom stereocenters. The van der Waals surface area contributed by atoms with Gasteiger partial charge in [-0.2, -0.15) is 5.10 Å². The lowest BCUT2D eigenvalue weighted by atomic mass is 10.1. The van der Waals surface area contributed by atoms with Crippen molar-refractivity contribution >= 4 is 45.4 Å². The van der Waals surface area contributed by atoms with Crippen LogP contribution >= 0.6 is 35.2 Å². The Morgan fingerprint density at radius 2 is 2.00 bits per heavy atom. The molecule has 0 fully saturated rings. The van der Waals surface area contributed by atoms with Gasteiger partial charge in [-0.05, 0) is 57.1 Å². The molecular formula is C21H20ClFN4OS2. The molecule has 0 bridgehead atoms. The van der Waals surface area contributed by atoms with Crippen molar-refractivity contribution in [1.82, 2.24) is 19.3 Å². The van der Waals surface area contributed by atoms with Crippen LogP contribution < -0.4 is 5.56 Å². The van der Waals surface area contributed by atoms with E-state index in [-0.39, 0.29) is 12.1 Å². The van der Waals surface area contributed by atoms with Gasteiger partial charge in [0.1, 0.15) is 10.6 Å². The smallest absolute Gasteiger partial charge is 0.268 e. The Hall–Kier alpha value is -2.29. The van der Waals surface area contributed by atoms with Gasteiger partial charge in [-0.15, -0.1) is 11.3 Å². The van der Waals surface area contributed by atoms with Crippen molar-refractivity contribution in [3.63, 3.8) is 0 Å². The van der Waals surface area contributed by atoms with Crippen molar-refractivity contribution in [2.75, 3.05) is 0 Å². The van der Waals surface area contributed by atoms with Gasteiger partial charge in [-0.25, -0.2) is 8.96 Å². The number of nitrogens with zero attached hydrogens (tertiary/aromatic N) is 3. The van der Waals surface area contributed by atoms with E-state index in [0.29, 0.717) is 37.8 Å². The van der Waals surface area contributed by atoms with Crippen LogP contribution in [0.5, 0.6) is 0 Å². The van der Waals surface area contributed by atoms with Gasteiger partial charge >= 0.3 is 0 Å². The lowest BCUT2D eigenvalue weighted by molar-refractivity contribution is 0.579. The molecule has 1 N–H and O–H groups in total. The molecular weight excluding hydrogens is 443 g/mol. The first-order chi connectivity index (χ1) is 14.2. The number of hydrogen-bond donors (Lipinski definition) is 1. The molecule has 0 spiro atoms. The number of hydrogen-bond acceptors (Lipinski definition) is 4. The van der Waals surface area contributed by atoms with Gasteiger partial charge in [0, 0.05) is 15.5 Å². The average Bonchev–Trinajstić information content (AvgIpc) is 3.14. The minimum Gasteiger partial charge on any atom is -0.323 e. The predicted octanol–water partition coefficient (Wildman–Crippen LogP) is 5.63. The predicted molar refractivity (Wildman–Crippen MR) is 122 cm³/mol. The Morgan fingerprint density at radius 3 is 2.67 bits per heavy atom. The van der Waals surface area contributed by atoms with E-state index in [2.05, 4.69) is 10.1 Å². The van der Waals surface area contributed by atoms with Crippen LogP contribution in [0, 0.1) is 31.4 Å². The molecule has 4 rings (SSSR count). The number of rotatable bonds is 4. The Balaban J connectivity index is 1.94. The molecule has 0 radical (unpaired) electrons. The van der Waals surface area contributed by atoms with Crippen molar-refractivity contribution < 1.29 is 4.39 Å². The van der Waals surface area contributed by atoms with Crippen molar-refractivity contribution in [2.45, 2.75) is 40.7 Å². The summed E-state index contributed by atoms with van der Waals surface area (Å²) in [6.07, 6.45) is 0.759. The average molecular weight is 463 g/mol. The van der Waals surface area contributed by atoms with Crippen LogP contribution in [0.2, 0.25) is 5.02 Å².